The van der Waals surface area contributed by atoms with Crippen LogP contribution in [0.3, 0.4) is 0 Å². The Morgan fingerprint density at radius 1 is 1.23 bits per heavy atom. The number of amides is 1. The summed E-state index contributed by atoms with van der Waals surface area (Å²) >= 11 is 0. The predicted octanol–water partition coefficient (Wildman–Crippen LogP) is 0.927. The highest BCUT2D eigenvalue weighted by Crippen LogP contribution is 2.31. The van der Waals surface area contributed by atoms with Gasteiger partial charge >= 0.3 is 0 Å². The topological polar surface area (TPSA) is 63.7 Å². The second kappa shape index (κ2) is 7.17. The first-order chi connectivity index (χ1) is 10.8. The average molecular weight is 305 g/mol. The van der Waals surface area contributed by atoms with Gasteiger partial charge in [0.15, 0.2) is 5.79 Å². The molecular formula is C16H23N3O3. The van der Waals surface area contributed by atoms with Gasteiger partial charge in [0, 0.05) is 57.8 Å². The molecule has 1 spiro atoms. The number of ether oxygens (including phenoxy) is 2. The molecule has 0 aliphatic carbocycles. The Labute approximate surface area is 130 Å². The van der Waals surface area contributed by atoms with Crippen LogP contribution in [0.2, 0.25) is 0 Å². The third kappa shape index (κ3) is 4.03. The molecule has 1 amide bonds. The van der Waals surface area contributed by atoms with Crippen LogP contribution in [0.5, 0.6) is 0 Å². The minimum atomic E-state index is -0.333. The molecule has 0 radical (unpaired) electrons. The van der Waals surface area contributed by atoms with E-state index in [1.54, 1.807) is 12.4 Å². The Kier molecular flexibility index (Phi) is 5.02. The standard InChI is InChI=1S/C16H23N3O3/c20-15(18-13-14-1-6-17-7-2-14)3-8-19-9-4-16(5-10-19)21-11-12-22-16/h1-2,6-7H,3-5,8-13H2,(H,18,20). The highest BCUT2D eigenvalue weighted by atomic mass is 16.7. The van der Waals surface area contributed by atoms with E-state index in [2.05, 4.69) is 15.2 Å². The molecule has 1 aromatic heterocycles. The van der Waals surface area contributed by atoms with Gasteiger partial charge in [-0.05, 0) is 17.7 Å². The van der Waals surface area contributed by atoms with Crippen LogP contribution in [0.1, 0.15) is 24.8 Å². The normalized spacial score (nSPS) is 21.1. The van der Waals surface area contributed by atoms with Crippen molar-refractivity contribution in [2.24, 2.45) is 0 Å². The van der Waals surface area contributed by atoms with Crippen molar-refractivity contribution in [2.75, 3.05) is 32.8 Å². The summed E-state index contributed by atoms with van der Waals surface area (Å²) in [5, 5.41) is 2.94. The number of carbonyl (C=O) groups is 1. The molecule has 120 valence electrons. The van der Waals surface area contributed by atoms with Crippen LogP contribution in [0.4, 0.5) is 0 Å². The second-order valence-corrected chi connectivity index (χ2v) is 5.83. The van der Waals surface area contributed by atoms with Gasteiger partial charge in [-0.25, -0.2) is 0 Å². The Bertz CT molecular complexity index is 479. The summed E-state index contributed by atoms with van der Waals surface area (Å²) in [5.74, 6) is -0.245. The van der Waals surface area contributed by atoms with E-state index in [-0.39, 0.29) is 11.7 Å². The van der Waals surface area contributed by atoms with Gasteiger partial charge < -0.3 is 19.7 Å². The monoisotopic (exact) mass is 305 g/mol. The summed E-state index contributed by atoms with van der Waals surface area (Å²) in [6.45, 7) is 4.62. The molecule has 6 nitrogen and oxygen atoms in total. The summed E-state index contributed by atoms with van der Waals surface area (Å²) in [4.78, 5) is 18.2. The lowest BCUT2D eigenvalue weighted by Crippen LogP contribution is -2.45. The van der Waals surface area contributed by atoms with E-state index >= 15 is 0 Å². The number of piperidine rings is 1. The molecule has 6 heteroatoms. The molecule has 2 aliphatic rings. The lowest BCUT2D eigenvalue weighted by molar-refractivity contribution is -0.185. The zero-order valence-electron chi connectivity index (χ0n) is 12.8. The minimum Gasteiger partial charge on any atom is -0.352 e. The molecule has 0 unspecified atom stereocenters. The van der Waals surface area contributed by atoms with Crippen LogP contribution in [-0.4, -0.2) is 54.4 Å². The van der Waals surface area contributed by atoms with E-state index in [0.717, 1.165) is 38.0 Å². The zero-order valence-corrected chi connectivity index (χ0v) is 12.8. The van der Waals surface area contributed by atoms with E-state index in [0.29, 0.717) is 26.2 Å². The molecular weight excluding hydrogens is 282 g/mol. The Balaban J connectivity index is 1.34. The van der Waals surface area contributed by atoms with Crippen LogP contribution in [-0.2, 0) is 20.8 Å². The molecule has 22 heavy (non-hydrogen) atoms. The maximum absolute atomic E-state index is 11.9. The third-order valence-electron chi connectivity index (χ3n) is 4.33. The first-order valence-corrected chi connectivity index (χ1v) is 7.92. The van der Waals surface area contributed by atoms with E-state index in [9.17, 15) is 4.79 Å². The maximum Gasteiger partial charge on any atom is 0.221 e. The van der Waals surface area contributed by atoms with Gasteiger partial charge in [0.2, 0.25) is 5.91 Å². The number of hydrogen-bond acceptors (Lipinski definition) is 5. The number of aromatic nitrogens is 1. The zero-order chi connectivity index (χ0) is 15.3. The van der Waals surface area contributed by atoms with Crippen molar-refractivity contribution in [1.29, 1.82) is 0 Å². The Morgan fingerprint density at radius 2 is 1.91 bits per heavy atom. The van der Waals surface area contributed by atoms with Crippen LogP contribution in [0, 0.1) is 0 Å². The van der Waals surface area contributed by atoms with Crippen molar-refractivity contribution < 1.29 is 14.3 Å². The number of rotatable bonds is 5. The molecule has 2 aliphatic heterocycles. The first kappa shape index (κ1) is 15.4. The maximum atomic E-state index is 11.9. The number of hydrogen-bond donors (Lipinski definition) is 1. The van der Waals surface area contributed by atoms with E-state index < -0.39 is 0 Å². The fraction of sp³-hybridized carbons (Fsp3) is 0.625. The average Bonchev–Trinajstić information content (AvgIpc) is 3.02. The predicted molar refractivity (Wildman–Crippen MR) is 81.0 cm³/mol. The smallest absolute Gasteiger partial charge is 0.221 e. The third-order valence-corrected chi connectivity index (χ3v) is 4.33. The van der Waals surface area contributed by atoms with Gasteiger partial charge in [-0.15, -0.1) is 0 Å². The van der Waals surface area contributed by atoms with Gasteiger partial charge in [0.05, 0.1) is 13.2 Å². The summed E-state index contributed by atoms with van der Waals surface area (Å²) in [5.41, 5.74) is 1.07. The van der Waals surface area contributed by atoms with Gasteiger partial charge in [-0.2, -0.15) is 0 Å². The van der Waals surface area contributed by atoms with Crippen molar-refractivity contribution in [1.82, 2.24) is 15.2 Å². The van der Waals surface area contributed by atoms with Crippen LogP contribution < -0.4 is 5.32 Å². The van der Waals surface area contributed by atoms with E-state index in [4.69, 9.17) is 9.47 Å². The highest BCUT2D eigenvalue weighted by Gasteiger charge is 2.39. The largest absolute Gasteiger partial charge is 0.352 e. The molecule has 2 fully saturated rings. The van der Waals surface area contributed by atoms with Gasteiger partial charge in [-0.1, -0.05) is 0 Å². The van der Waals surface area contributed by atoms with Crippen molar-refractivity contribution >= 4 is 5.91 Å². The summed E-state index contributed by atoms with van der Waals surface area (Å²) in [6, 6.07) is 3.82. The van der Waals surface area contributed by atoms with Crippen molar-refractivity contribution in [3.63, 3.8) is 0 Å². The SMILES string of the molecule is O=C(CCN1CCC2(CC1)OCCO2)NCc1ccncc1. The number of nitrogens with zero attached hydrogens (tertiary/aromatic N) is 2. The summed E-state index contributed by atoms with van der Waals surface area (Å²) in [7, 11) is 0. The molecule has 3 heterocycles. The molecule has 0 saturated carbocycles. The van der Waals surface area contributed by atoms with Gasteiger partial charge in [0.25, 0.3) is 0 Å². The highest BCUT2D eigenvalue weighted by molar-refractivity contribution is 5.76. The molecule has 0 bridgehead atoms. The molecule has 1 aromatic rings. The lowest BCUT2D eigenvalue weighted by Gasteiger charge is -2.37. The van der Waals surface area contributed by atoms with Crippen LogP contribution >= 0.6 is 0 Å². The van der Waals surface area contributed by atoms with Crippen LogP contribution in [0.15, 0.2) is 24.5 Å². The van der Waals surface area contributed by atoms with Crippen molar-refractivity contribution in [3.05, 3.63) is 30.1 Å². The Morgan fingerprint density at radius 3 is 2.59 bits per heavy atom. The van der Waals surface area contributed by atoms with Crippen LogP contribution in [0.25, 0.3) is 0 Å². The number of nitrogens with one attached hydrogen (secondary N) is 1. The van der Waals surface area contributed by atoms with Gasteiger partial charge in [0.1, 0.15) is 0 Å². The summed E-state index contributed by atoms with van der Waals surface area (Å²) in [6.07, 6.45) is 5.79. The van der Waals surface area contributed by atoms with Crippen molar-refractivity contribution in [3.8, 4) is 0 Å². The van der Waals surface area contributed by atoms with Crippen molar-refractivity contribution in [2.45, 2.75) is 31.6 Å². The molecule has 0 atom stereocenters. The molecule has 3 rings (SSSR count). The van der Waals surface area contributed by atoms with Gasteiger partial charge in [-0.3, -0.25) is 9.78 Å². The van der Waals surface area contributed by atoms with E-state index in [1.165, 1.54) is 0 Å². The molecule has 1 N–H and O–H groups in total. The number of pyridine rings is 1. The number of likely N-dealkylation sites (tertiary alicyclic amines) is 1. The minimum absolute atomic E-state index is 0.0884. The quantitative estimate of drug-likeness (QED) is 0.876. The molecule has 0 aromatic carbocycles. The fourth-order valence-electron chi connectivity index (χ4n) is 2.95. The lowest BCUT2D eigenvalue weighted by atomic mass is 10.0. The Hall–Kier alpha value is -1.50. The first-order valence-electron chi connectivity index (χ1n) is 7.92. The van der Waals surface area contributed by atoms with E-state index in [1.807, 2.05) is 12.1 Å². The summed E-state index contributed by atoms with van der Waals surface area (Å²) < 4.78 is 11.4. The second-order valence-electron chi connectivity index (χ2n) is 5.83. The number of carbonyl (C=O) groups excluding carboxylic acids is 1. The fourth-order valence-corrected chi connectivity index (χ4v) is 2.95. The molecule has 2 saturated heterocycles.